The van der Waals surface area contributed by atoms with Crippen LogP contribution in [0.2, 0.25) is 0 Å². The fourth-order valence-corrected chi connectivity index (χ4v) is 6.04. The molecule has 1 saturated carbocycles. The number of aliphatic carboxylic acids is 1. The van der Waals surface area contributed by atoms with Crippen LogP contribution in [0.3, 0.4) is 0 Å². The first kappa shape index (κ1) is 24.8. The SMILES string of the molecule is Nc1nc(C(=NOC2CC2(Cl)Cl)C(=O)N[C@@H]2C(=O)N3C(C(=O)O)=C(C[n+]4ccccc4)CS[C@H]23)cs1. The summed E-state index contributed by atoms with van der Waals surface area (Å²) in [7, 11) is 0. The first-order chi connectivity index (χ1) is 17.2. The smallest absolute Gasteiger partial charge is 0.352 e. The first-order valence-electron chi connectivity index (χ1n) is 10.6. The molecule has 2 aromatic rings. The molecule has 0 aromatic carbocycles. The summed E-state index contributed by atoms with van der Waals surface area (Å²) < 4.78 is 0.756. The maximum Gasteiger partial charge on any atom is 0.352 e. The van der Waals surface area contributed by atoms with Crippen LogP contribution in [0, 0.1) is 0 Å². The molecule has 1 saturated heterocycles. The van der Waals surface area contributed by atoms with Crippen LogP contribution in [-0.2, 0) is 25.8 Å². The largest absolute Gasteiger partial charge is 0.477 e. The van der Waals surface area contributed by atoms with E-state index >= 15 is 0 Å². The van der Waals surface area contributed by atoms with Gasteiger partial charge in [-0.25, -0.2) is 14.3 Å². The number of rotatable bonds is 8. The molecular weight excluding hydrogens is 551 g/mol. The third-order valence-corrected chi connectivity index (χ3v) is 8.52. The fourth-order valence-electron chi connectivity index (χ4n) is 3.79. The third-order valence-electron chi connectivity index (χ3n) is 5.71. The van der Waals surface area contributed by atoms with E-state index in [-0.39, 0.29) is 22.2 Å². The van der Waals surface area contributed by atoms with Crippen LogP contribution in [-0.4, -0.2) is 66.1 Å². The zero-order valence-corrected chi connectivity index (χ0v) is 21.5. The molecule has 4 heterocycles. The Morgan fingerprint density at radius 2 is 2.08 bits per heavy atom. The number of nitrogens with one attached hydrogen (secondary N) is 1. The van der Waals surface area contributed by atoms with Gasteiger partial charge < -0.3 is 21.0 Å². The highest BCUT2D eigenvalue weighted by molar-refractivity contribution is 8.00. The van der Waals surface area contributed by atoms with E-state index in [2.05, 4.69) is 15.5 Å². The summed E-state index contributed by atoms with van der Waals surface area (Å²) in [6.07, 6.45) is 3.39. The van der Waals surface area contributed by atoms with E-state index in [1.807, 2.05) is 35.2 Å². The summed E-state index contributed by atoms with van der Waals surface area (Å²) in [5.74, 6) is -2.07. The number of aromatic nitrogens is 2. The number of halogens is 2. The molecule has 0 radical (unpaired) electrons. The minimum absolute atomic E-state index is 0.0654. The number of thiazole rings is 1. The zero-order chi connectivity index (χ0) is 25.6. The molecule has 2 aliphatic heterocycles. The summed E-state index contributed by atoms with van der Waals surface area (Å²) in [6, 6.07) is 4.57. The van der Waals surface area contributed by atoms with Crippen molar-refractivity contribution in [2.24, 2.45) is 5.16 Å². The van der Waals surface area contributed by atoms with Gasteiger partial charge in [0.1, 0.15) is 22.8 Å². The van der Waals surface area contributed by atoms with Gasteiger partial charge in [0.2, 0.25) is 0 Å². The lowest BCUT2D eigenvalue weighted by Gasteiger charge is -2.49. The number of nitrogens with two attached hydrogens (primary N) is 1. The van der Waals surface area contributed by atoms with Gasteiger partial charge in [-0.1, -0.05) is 34.4 Å². The van der Waals surface area contributed by atoms with Crippen LogP contribution >= 0.6 is 46.3 Å². The number of hydrogen-bond donors (Lipinski definition) is 3. The maximum absolute atomic E-state index is 13.1. The molecule has 3 atom stereocenters. The number of pyridine rings is 1. The standard InChI is InChI=1S/C21H18Cl2N6O5S2/c22-21(23)6-12(21)34-27-13(11-9-36-20(24)25-11)16(30)26-14-17(31)29-15(19(32)33)10(8-35-18(14)29)7-28-4-2-1-3-5-28/h1-5,9,12,14,18H,6-8H2,(H3-,24,25,26,30,32,33)/p+1/t12?,14-,18-/m1/s1. The fraction of sp³-hybridized carbons (Fsp3) is 0.333. The molecule has 2 amide bonds. The Bertz CT molecular complexity index is 1300. The number of fused-ring (bicyclic) bond motifs is 1. The second kappa shape index (κ2) is 9.54. The lowest BCUT2D eigenvalue weighted by molar-refractivity contribution is -0.689. The number of oxime groups is 1. The van der Waals surface area contributed by atoms with E-state index < -0.39 is 39.6 Å². The molecule has 188 valence electrons. The Labute approximate surface area is 222 Å². The number of nitrogen functional groups attached to an aromatic ring is 1. The van der Waals surface area contributed by atoms with Gasteiger partial charge >= 0.3 is 5.97 Å². The molecule has 15 heteroatoms. The van der Waals surface area contributed by atoms with Crippen molar-refractivity contribution in [3.63, 3.8) is 0 Å². The molecule has 0 bridgehead atoms. The predicted molar refractivity (Wildman–Crippen MR) is 133 cm³/mol. The Balaban J connectivity index is 1.33. The van der Waals surface area contributed by atoms with Gasteiger partial charge in [-0.15, -0.1) is 23.1 Å². The second-order valence-corrected chi connectivity index (χ2v) is 11.8. The van der Waals surface area contributed by atoms with Crippen LogP contribution in [0.4, 0.5) is 5.13 Å². The van der Waals surface area contributed by atoms with Gasteiger partial charge in [0.15, 0.2) is 40.2 Å². The van der Waals surface area contributed by atoms with Crippen molar-refractivity contribution in [3.05, 3.63) is 52.9 Å². The number of alkyl halides is 2. The third kappa shape index (κ3) is 4.75. The second-order valence-electron chi connectivity index (χ2n) is 8.24. The molecule has 5 rings (SSSR count). The van der Waals surface area contributed by atoms with E-state index in [4.69, 9.17) is 33.8 Å². The highest BCUT2D eigenvalue weighted by Crippen LogP contribution is 2.49. The van der Waals surface area contributed by atoms with Gasteiger partial charge in [-0.2, -0.15) is 0 Å². The molecule has 2 aromatic heterocycles. The average Bonchev–Trinajstić information content (AvgIpc) is 3.23. The maximum atomic E-state index is 13.1. The van der Waals surface area contributed by atoms with E-state index in [1.165, 1.54) is 22.0 Å². The van der Waals surface area contributed by atoms with Crippen LogP contribution in [0.5, 0.6) is 0 Å². The van der Waals surface area contributed by atoms with Crippen LogP contribution < -0.4 is 15.6 Å². The summed E-state index contributed by atoms with van der Waals surface area (Å²) in [5, 5.41) is 17.6. The number of β-lactam (4-membered cyclic amide) rings is 1. The van der Waals surface area contributed by atoms with Gasteiger partial charge in [-0.3, -0.25) is 14.5 Å². The minimum Gasteiger partial charge on any atom is -0.477 e. The number of anilines is 1. The van der Waals surface area contributed by atoms with Gasteiger partial charge in [0.05, 0.1) is 0 Å². The van der Waals surface area contributed by atoms with Crippen LogP contribution in [0.15, 0.2) is 52.4 Å². The monoisotopic (exact) mass is 569 g/mol. The van der Waals surface area contributed by atoms with Crippen molar-refractivity contribution in [2.45, 2.75) is 34.8 Å². The number of carbonyl (C=O) groups excluding carboxylic acids is 2. The number of carboxylic acids is 1. The molecule has 2 fully saturated rings. The quantitative estimate of drug-likeness (QED) is 0.141. The average molecular weight is 570 g/mol. The van der Waals surface area contributed by atoms with Crippen molar-refractivity contribution in [1.82, 2.24) is 15.2 Å². The summed E-state index contributed by atoms with van der Waals surface area (Å²) in [5.41, 5.74) is 6.20. The topological polar surface area (TPSA) is 151 Å². The van der Waals surface area contributed by atoms with E-state index in [1.54, 1.807) is 0 Å². The molecule has 1 unspecified atom stereocenters. The summed E-state index contributed by atoms with van der Waals surface area (Å²) in [6.45, 7) is 0.326. The van der Waals surface area contributed by atoms with Gasteiger partial charge in [-0.05, 0) is 0 Å². The highest BCUT2D eigenvalue weighted by atomic mass is 35.5. The Kier molecular flexibility index (Phi) is 6.57. The highest BCUT2D eigenvalue weighted by Gasteiger charge is 2.56. The summed E-state index contributed by atoms with van der Waals surface area (Å²) in [4.78, 5) is 48.8. The number of carboxylic acid groups (broad SMARTS) is 1. The molecule has 36 heavy (non-hydrogen) atoms. The van der Waals surface area contributed by atoms with Crippen LogP contribution in [0.25, 0.3) is 0 Å². The van der Waals surface area contributed by atoms with E-state index in [9.17, 15) is 19.5 Å². The van der Waals surface area contributed by atoms with Crippen molar-refractivity contribution in [2.75, 3.05) is 11.5 Å². The van der Waals surface area contributed by atoms with Crippen LogP contribution in [0.1, 0.15) is 12.1 Å². The number of hydrogen-bond acceptors (Lipinski definition) is 9. The summed E-state index contributed by atoms with van der Waals surface area (Å²) >= 11 is 14.4. The van der Waals surface area contributed by atoms with Gasteiger partial charge in [0, 0.05) is 35.3 Å². The molecule has 3 aliphatic rings. The number of amides is 2. The molecule has 4 N–H and O–H groups in total. The number of thioether (sulfide) groups is 1. The van der Waals surface area contributed by atoms with Crippen molar-refractivity contribution >= 4 is 74.9 Å². The molecule has 1 aliphatic carbocycles. The van der Waals surface area contributed by atoms with Crippen molar-refractivity contribution < 1.29 is 28.9 Å². The van der Waals surface area contributed by atoms with E-state index in [0.29, 0.717) is 24.3 Å². The van der Waals surface area contributed by atoms with E-state index in [0.717, 1.165) is 11.3 Å². The number of nitrogens with zero attached hydrogens (tertiary/aromatic N) is 4. The Hall–Kier alpha value is -2.87. The number of carbonyl (C=O) groups is 3. The Morgan fingerprint density at radius 1 is 1.36 bits per heavy atom. The molecule has 11 nitrogen and oxygen atoms in total. The Morgan fingerprint density at radius 3 is 2.69 bits per heavy atom. The van der Waals surface area contributed by atoms with Gasteiger partial charge in [0.25, 0.3) is 11.8 Å². The first-order valence-corrected chi connectivity index (χ1v) is 13.3. The lowest BCUT2D eigenvalue weighted by Crippen LogP contribution is -2.71. The predicted octanol–water partition coefficient (Wildman–Crippen LogP) is 1.12. The normalized spacial score (nSPS) is 24.6. The lowest BCUT2D eigenvalue weighted by atomic mass is 10.0. The van der Waals surface area contributed by atoms with Crippen molar-refractivity contribution in [1.29, 1.82) is 0 Å². The molecule has 0 spiro atoms. The van der Waals surface area contributed by atoms with Crippen molar-refractivity contribution in [3.8, 4) is 0 Å². The molecular formula is C21H19Cl2N6O5S2+. The minimum atomic E-state index is -1.20. The zero-order valence-electron chi connectivity index (χ0n) is 18.3.